The molecule has 0 aliphatic carbocycles. The van der Waals surface area contributed by atoms with Crippen molar-refractivity contribution >= 4 is 11.9 Å². The third kappa shape index (κ3) is 6.50. The molecule has 1 amide bonds. The SMILES string of the molecule is CN=C(NCCOc1ccc(OC)cc1)NCc1ccc(C(=O)N(C)C)cc1. The monoisotopic (exact) mass is 384 g/mol. The first kappa shape index (κ1) is 21.1. The molecule has 0 saturated carbocycles. The zero-order valence-electron chi connectivity index (χ0n) is 16.9. The van der Waals surface area contributed by atoms with Crippen molar-refractivity contribution in [2.24, 2.45) is 4.99 Å². The lowest BCUT2D eigenvalue weighted by atomic mass is 10.1. The van der Waals surface area contributed by atoms with Crippen LogP contribution in [0, 0.1) is 0 Å². The van der Waals surface area contributed by atoms with Crippen LogP contribution >= 0.6 is 0 Å². The quantitative estimate of drug-likeness (QED) is 0.414. The normalized spacial score (nSPS) is 10.9. The van der Waals surface area contributed by atoms with Crippen LogP contribution in [0.3, 0.4) is 0 Å². The molecule has 0 unspecified atom stereocenters. The number of carbonyl (C=O) groups is 1. The number of aliphatic imine (C=N–C) groups is 1. The van der Waals surface area contributed by atoms with E-state index < -0.39 is 0 Å². The Morgan fingerprint density at radius 3 is 2.21 bits per heavy atom. The van der Waals surface area contributed by atoms with Crippen molar-refractivity contribution < 1.29 is 14.3 Å². The number of hydrogen-bond acceptors (Lipinski definition) is 4. The molecule has 0 saturated heterocycles. The maximum absolute atomic E-state index is 11.9. The summed E-state index contributed by atoms with van der Waals surface area (Å²) in [5, 5.41) is 6.45. The Morgan fingerprint density at radius 2 is 1.64 bits per heavy atom. The Hall–Kier alpha value is -3.22. The Bertz CT molecular complexity index is 771. The molecule has 0 aromatic heterocycles. The Kier molecular flexibility index (Phi) is 8.14. The van der Waals surface area contributed by atoms with Gasteiger partial charge in [-0.3, -0.25) is 9.79 Å². The van der Waals surface area contributed by atoms with Crippen LogP contribution in [0.4, 0.5) is 0 Å². The fourth-order valence-corrected chi connectivity index (χ4v) is 2.44. The van der Waals surface area contributed by atoms with Gasteiger partial charge in [0.1, 0.15) is 18.1 Å². The summed E-state index contributed by atoms with van der Waals surface area (Å²) < 4.78 is 10.8. The number of nitrogens with one attached hydrogen (secondary N) is 2. The fourth-order valence-electron chi connectivity index (χ4n) is 2.44. The predicted octanol–water partition coefficient (Wildman–Crippen LogP) is 2.14. The van der Waals surface area contributed by atoms with Gasteiger partial charge in [-0.25, -0.2) is 0 Å². The maximum atomic E-state index is 11.9. The molecule has 0 spiro atoms. The van der Waals surface area contributed by atoms with Gasteiger partial charge in [-0.2, -0.15) is 0 Å². The van der Waals surface area contributed by atoms with E-state index in [4.69, 9.17) is 9.47 Å². The molecular weight excluding hydrogens is 356 g/mol. The van der Waals surface area contributed by atoms with E-state index in [0.29, 0.717) is 31.2 Å². The lowest BCUT2D eigenvalue weighted by Crippen LogP contribution is -2.38. The maximum Gasteiger partial charge on any atom is 0.253 e. The Balaban J connectivity index is 1.72. The number of rotatable bonds is 8. The smallest absolute Gasteiger partial charge is 0.253 e. The van der Waals surface area contributed by atoms with Crippen molar-refractivity contribution in [1.29, 1.82) is 0 Å². The van der Waals surface area contributed by atoms with Crippen LogP contribution in [0.25, 0.3) is 0 Å². The summed E-state index contributed by atoms with van der Waals surface area (Å²) in [6.07, 6.45) is 0. The van der Waals surface area contributed by atoms with Crippen LogP contribution < -0.4 is 20.1 Å². The van der Waals surface area contributed by atoms with E-state index in [1.165, 1.54) is 0 Å². The molecule has 0 aliphatic heterocycles. The first-order valence-electron chi connectivity index (χ1n) is 9.05. The van der Waals surface area contributed by atoms with Crippen LogP contribution in [0.1, 0.15) is 15.9 Å². The molecule has 0 radical (unpaired) electrons. The van der Waals surface area contributed by atoms with Crippen LogP contribution in [0.5, 0.6) is 11.5 Å². The van der Waals surface area contributed by atoms with Crippen molar-refractivity contribution in [2.45, 2.75) is 6.54 Å². The zero-order chi connectivity index (χ0) is 20.4. The topological polar surface area (TPSA) is 75.2 Å². The summed E-state index contributed by atoms with van der Waals surface area (Å²) in [4.78, 5) is 17.7. The molecule has 7 heteroatoms. The highest BCUT2D eigenvalue weighted by molar-refractivity contribution is 5.93. The highest BCUT2D eigenvalue weighted by atomic mass is 16.5. The molecule has 7 nitrogen and oxygen atoms in total. The molecule has 0 aliphatic rings. The Labute approximate surface area is 166 Å². The van der Waals surface area contributed by atoms with Gasteiger partial charge in [-0.05, 0) is 42.0 Å². The summed E-state index contributed by atoms with van der Waals surface area (Å²) in [6.45, 7) is 1.73. The van der Waals surface area contributed by atoms with Gasteiger partial charge in [-0.1, -0.05) is 12.1 Å². The molecule has 150 valence electrons. The molecular formula is C21H28N4O3. The lowest BCUT2D eigenvalue weighted by molar-refractivity contribution is 0.0827. The van der Waals surface area contributed by atoms with E-state index in [9.17, 15) is 4.79 Å². The first-order valence-corrected chi connectivity index (χ1v) is 9.05. The van der Waals surface area contributed by atoms with Crippen molar-refractivity contribution in [2.75, 3.05) is 41.4 Å². The number of methoxy groups -OCH3 is 1. The molecule has 0 heterocycles. The molecule has 2 aromatic carbocycles. The minimum Gasteiger partial charge on any atom is -0.497 e. The van der Waals surface area contributed by atoms with Gasteiger partial charge in [0, 0.05) is 33.3 Å². The summed E-state index contributed by atoms with van der Waals surface area (Å²) in [7, 11) is 6.84. The summed E-state index contributed by atoms with van der Waals surface area (Å²) in [5.41, 5.74) is 1.74. The van der Waals surface area contributed by atoms with Gasteiger partial charge in [0.25, 0.3) is 5.91 Å². The van der Waals surface area contributed by atoms with Crippen LogP contribution in [-0.2, 0) is 6.54 Å². The molecule has 0 bridgehead atoms. The van der Waals surface area contributed by atoms with Crippen molar-refractivity contribution in [3.63, 3.8) is 0 Å². The molecule has 2 N–H and O–H groups in total. The van der Waals surface area contributed by atoms with Gasteiger partial charge in [-0.15, -0.1) is 0 Å². The second kappa shape index (κ2) is 10.8. The van der Waals surface area contributed by atoms with E-state index in [0.717, 1.165) is 17.1 Å². The van der Waals surface area contributed by atoms with Crippen molar-refractivity contribution in [1.82, 2.24) is 15.5 Å². The fraction of sp³-hybridized carbons (Fsp3) is 0.333. The minimum absolute atomic E-state index is 0.00570. The van der Waals surface area contributed by atoms with E-state index >= 15 is 0 Å². The second-order valence-electron chi connectivity index (χ2n) is 6.27. The van der Waals surface area contributed by atoms with Crippen LogP contribution in [0.2, 0.25) is 0 Å². The van der Waals surface area contributed by atoms with E-state index in [1.807, 2.05) is 48.5 Å². The molecule has 28 heavy (non-hydrogen) atoms. The minimum atomic E-state index is -0.00570. The van der Waals surface area contributed by atoms with E-state index in [-0.39, 0.29) is 5.91 Å². The van der Waals surface area contributed by atoms with Crippen molar-refractivity contribution in [3.05, 3.63) is 59.7 Å². The second-order valence-corrected chi connectivity index (χ2v) is 6.27. The largest absolute Gasteiger partial charge is 0.497 e. The number of ether oxygens (including phenoxy) is 2. The van der Waals surface area contributed by atoms with Crippen LogP contribution in [0.15, 0.2) is 53.5 Å². The lowest BCUT2D eigenvalue weighted by Gasteiger charge is -2.13. The predicted molar refractivity (Wildman–Crippen MR) is 111 cm³/mol. The molecule has 0 fully saturated rings. The highest BCUT2D eigenvalue weighted by Gasteiger charge is 2.07. The third-order valence-corrected chi connectivity index (χ3v) is 4.01. The molecule has 2 rings (SSSR count). The number of guanidine groups is 1. The molecule has 0 atom stereocenters. The zero-order valence-corrected chi connectivity index (χ0v) is 16.9. The van der Waals surface area contributed by atoms with E-state index in [1.54, 1.807) is 33.2 Å². The van der Waals surface area contributed by atoms with Gasteiger partial charge in [0.05, 0.1) is 13.7 Å². The number of amides is 1. The number of nitrogens with zero attached hydrogens (tertiary/aromatic N) is 2. The van der Waals surface area contributed by atoms with Gasteiger partial charge < -0.3 is 25.0 Å². The van der Waals surface area contributed by atoms with Gasteiger partial charge >= 0.3 is 0 Å². The van der Waals surface area contributed by atoms with Crippen molar-refractivity contribution in [3.8, 4) is 11.5 Å². The molecule has 2 aromatic rings. The summed E-state index contributed by atoms with van der Waals surface area (Å²) in [6, 6.07) is 15.0. The number of hydrogen-bond donors (Lipinski definition) is 2. The first-order chi connectivity index (χ1) is 13.5. The van der Waals surface area contributed by atoms with Crippen LogP contribution in [-0.4, -0.2) is 58.2 Å². The standard InChI is InChI=1S/C21H28N4O3/c1-22-21(23-13-14-28-19-11-9-18(27-4)10-12-19)24-15-16-5-7-17(8-6-16)20(26)25(2)3/h5-12H,13-15H2,1-4H3,(H2,22,23,24). The van der Waals surface area contributed by atoms with Gasteiger partial charge in [0.15, 0.2) is 5.96 Å². The average molecular weight is 384 g/mol. The summed E-state index contributed by atoms with van der Waals surface area (Å²) >= 11 is 0. The third-order valence-electron chi connectivity index (χ3n) is 4.01. The van der Waals surface area contributed by atoms with Gasteiger partial charge in [0.2, 0.25) is 0 Å². The highest BCUT2D eigenvalue weighted by Crippen LogP contribution is 2.16. The Morgan fingerprint density at radius 1 is 1.00 bits per heavy atom. The number of benzene rings is 2. The van der Waals surface area contributed by atoms with E-state index in [2.05, 4.69) is 15.6 Å². The summed E-state index contributed by atoms with van der Waals surface area (Å²) in [5.74, 6) is 2.27. The average Bonchev–Trinajstić information content (AvgIpc) is 2.73. The number of carbonyl (C=O) groups excluding carboxylic acids is 1.